The summed E-state index contributed by atoms with van der Waals surface area (Å²) >= 11 is 0. The zero-order valence-corrected chi connectivity index (χ0v) is 14.5. The Kier molecular flexibility index (Phi) is 5.79. The molecule has 0 N–H and O–H groups in total. The van der Waals surface area contributed by atoms with Gasteiger partial charge in [0.1, 0.15) is 11.6 Å². The van der Waals surface area contributed by atoms with Crippen LogP contribution in [0, 0.1) is 11.7 Å². The fraction of sp³-hybridized carbons (Fsp3) is 0.588. The fourth-order valence-electron chi connectivity index (χ4n) is 3.06. The second kappa shape index (κ2) is 7.43. The molecule has 1 aliphatic rings. The molecule has 0 bridgehead atoms. The topological polar surface area (TPSA) is 54.5 Å². The highest BCUT2D eigenvalue weighted by Gasteiger charge is 2.27. The number of rotatable bonds is 5. The number of carbonyl (C=O) groups excluding carboxylic acids is 1. The smallest absolute Gasteiger partial charge is 0.237 e. The summed E-state index contributed by atoms with van der Waals surface area (Å²) in [5.74, 6) is -1.01. The summed E-state index contributed by atoms with van der Waals surface area (Å²) in [6.45, 7) is 2.20. The van der Waals surface area contributed by atoms with Gasteiger partial charge in [-0.05, 0) is 49.3 Å². The van der Waals surface area contributed by atoms with Crippen molar-refractivity contribution in [1.29, 1.82) is 0 Å². The lowest BCUT2D eigenvalue weighted by Crippen LogP contribution is -2.42. The van der Waals surface area contributed by atoms with Crippen molar-refractivity contribution in [3.63, 3.8) is 0 Å². The van der Waals surface area contributed by atoms with E-state index in [1.54, 1.807) is 18.0 Å². The van der Waals surface area contributed by atoms with Gasteiger partial charge < -0.3 is 4.90 Å². The highest BCUT2D eigenvalue weighted by Crippen LogP contribution is 2.26. The van der Waals surface area contributed by atoms with Crippen LogP contribution in [-0.2, 0) is 20.4 Å². The van der Waals surface area contributed by atoms with Gasteiger partial charge in [0.2, 0.25) is 5.91 Å². The van der Waals surface area contributed by atoms with E-state index in [-0.39, 0.29) is 17.7 Å². The molecule has 0 spiro atoms. The molecule has 23 heavy (non-hydrogen) atoms. The maximum Gasteiger partial charge on any atom is 0.237 e. The Morgan fingerprint density at radius 3 is 2.52 bits per heavy atom. The lowest BCUT2D eigenvalue weighted by Gasteiger charge is -2.33. The number of hydrogen-bond acceptors (Lipinski definition) is 3. The molecular weight excluding hydrogens is 317 g/mol. The van der Waals surface area contributed by atoms with E-state index in [0.717, 1.165) is 25.7 Å². The van der Waals surface area contributed by atoms with Crippen LogP contribution in [0.5, 0.6) is 0 Å². The number of carbonyl (C=O) groups is 1. The molecule has 1 aromatic carbocycles. The van der Waals surface area contributed by atoms with Crippen LogP contribution in [0.4, 0.5) is 4.39 Å². The largest absolute Gasteiger partial charge is 0.342 e. The number of hydrogen-bond donors (Lipinski definition) is 0. The zero-order valence-electron chi connectivity index (χ0n) is 13.7. The molecule has 0 saturated heterocycles. The van der Waals surface area contributed by atoms with E-state index < -0.39 is 21.4 Å². The standard InChI is InChI=1S/C17H24FNO3S/c1-13-6-8-16(9-7-13)19(2)17(20)12-23(21,22)11-14-4-3-5-15(18)10-14/h3-5,10,13,16H,6-9,11-12H2,1-2H3. The van der Waals surface area contributed by atoms with E-state index in [4.69, 9.17) is 0 Å². The number of amides is 1. The highest BCUT2D eigenvalue weighted by atomic mass is 32.2. The predicted octanol–water partition coefficient (Wildman–Crippen LogP) is 2.78. The SMILES string of the molecule is CC1CCC(N(C)C(=O)CS(=O)(=O)Cc2cccc(F)c2)CC1. The number of halogens is 1. The van der Waals surface area contributed by atoms with Crippen LogP contribution in [0.2, 0.25) is 0 Å². The van der Waals surface area contributed by atoms with Gasteiger partial charge in [-0.2, -0.15) is 0 Å². The molecule has 1 aromatic rings. The molecule has 1 saturated carbocycles. The van der Waals surface area contributed by atoms with E-state index in [9.17, 15) is 17.6 Å². The maximum absolute atomic E-state index is 13.1. The average Bonchev–Trinajstić information content (AvgIpc) is 2.46. The molecule has 0 radical (unpaired) electrons. The molecule has 128 valence electrons. The molecule has 2 rings (SSSR count). The monoisotopic (exact) mass is 341 g/mol. The summed E-state index contributed by atoms with van der Waals surface area (Å²) in [4.78, 5) is 13.8. The number of nitrogens with zero attached hydrogens (tertiary/aromatic N) is 1. The van der Waals surface area contributed by atoms with Crippen LogP contribution < -0.4 is 0 Å². The van der Waals surface area contributed by atoms with Crippen LogP contribution in [0.1, 0.15) is 38.2 Å². The van der Waals surface area contributed by atoms with Gasteiger partial charge in [-0.1, -0.05) is 19.1 Å². The molecule has 6 heteroatoms. The molecule has 4 nitrogen and oxygen atoms in total. The van der Waals surface area contributed by atoms with Gasteiger partial charge >= 0.3 is 0 Å². The summed E-state index contributed by atoms with van der Waals surface area (Å²) in [5, 5.41) is 0. The molecule has 0 aliphatic heterocycles. The Morgan fingerprint density at radius 2 is 1.91 bits per heavy atom. The first-order valence-electron chi connectivity index (χ1n) is 7.97. The van der Waals surface area contributed by atoms with E-state index in [1.165, 1.54) is 18.2 Å². The summed E-state index contributed by atoms with van der Waals surface area (Å²) in [7, 11) is -1.92. The summed E-state index contributed by atoms with van der Waals surface area (Å²) in [6.07, 6.45) is 3.98. The quantitative estimate of drug-likeness (QED) is 0.827. The Labute approximate surface area is 137 Å². The van der Waals surface area contributed by atoms with Gasteiger partial charge in [0.25, 0.3) is 0 Å². The minimum atomic E-state index is -3.60. The first-order chi connectivity index (χ1) is 10.8. The zero-order chi connectivity index (χ0) is 17.0. The van der Waals surface area contributed by atoms with E-state index >= 15 is 0 Å². The van der Waals surface area contributed by atoms with E-state index in [2.05, 4.69) is 6.92 Å². The molecule has 0 aromatic heterocycles. The van der Waals surface area contributed by atoms with Crippen molar-refractivity contribution in [3.05, 3.63) is 35.6 Å². The van der Waals surface area contributed by atoms with Gasteiger partial charge in [-0.15, -0.1) is 0 Å². The second-order valence-corrected chi connectivity index (χ2v) is 8.64. The minimum Gasteiger partial charge on any atom is -0.342 e. The highest BCUT2D eigenvalue weighted by molar-refractivity contribution is 7.91. The van der Waals surface area contributed by atoms with Gasteiger partial charge in [-0.3, -0.25) is 4.79 Å². The third kappa shape index (κ3) is 5.30. The van der Waals surface area contributed by atoms with Crippen molar-refractivity contribution in [2.75, 3.05) is 12.8 Å². The maximum atomic E-state index is 13.1. The van der Waals surface area contributed by atoms with Crippen molar-refractivity contribution >= 4 is 15.7 Å². The van der Waals surface area contributed by atoms with E-state index in [0.29, 0.717) is 11.5 Å². The summed E-state index contributed by atoms with van der Waals surface area (Å²) in [5.41, 5.74) is 0.368. The lowest BCUT2D eigenvalue weighted by molar-refractivity contribution is -0.129. The van der Waals surface area contributed by atoms with Gasteiger partial charge in [0, 0.05) is 13.1 Å². The fourth-order valence-corrected chi connectivity index (χ4v) is 4.42. The molecule has 1 aliphatic carbocycles. The first-order valence-corrected chi connectivity index (χ1v) is 9.79. The van der Waals surface area contributed by atoms with Gasteiger partial charge in [0.15, 0.2) is 9.84 Å². The van der Waals surface area contributed by atoms with Crippen LogP contribution in [-0.4, -0.2) is 38.1 Å². The Bertz CT molecular complexity index is 652. The van der Waals surface area contributed by atoms with Gasteiger partial charge in [-0.25, -0.2) is 12.8 Å². The number of sulfone groups is 1. The summed E-state index contributed by atoms with van der Waals surface area (Å²) in [6, 6.07) is 5.60. The molecule has 0 heterocycles. The molecule has 1 amide bonds. The third-order valence-electron chi connectivity index (χ3n) is 4.55. The number of benzene rings is 1. The minimum absolute atomic E-state index is 0.128. The third-order valence-corrected chi connectivity index (χ3v) is 6.01. The van der Waals surface area contributed by atoms with Crippen molar-refractivity contribution in [2.24, 2.45) is 5.92 Å². The first kappa shape index (κ1) is 17.9. The Morgan fingerprint density at radius 1 is 1.26 bits per heavy atom. The van der Waals surface area contributed by atoms with Gasteiger partial charge in [0.05, 0.1) is 5.75 Å². The predicted molar refractivity (Wildman–Crippen MR) is 88.1 cm³/mol. The molecule has 0 atom stereocenters. The van der Waals surface area contributed by atoms with Crippen LogP contribution in [0.25, 0.3) is 0 Å². The molecule has 0 unspecified atom stereocenters. The summed E-state index contributed by atoms with van der Waals surface area (Å²) < 4.78 is 37.5. The van der Waals surface area contributed by atoms with Crippen molar-refractivity contribution in [3.8, 4) is 0 Å². The lowest BCUT2D eigenvalue weighted by atomic mass is 9.87. The van der Waals surface area contributed by atoms with Crippen LogP contribution in [0.3, 0.4) is 0 Å². The molecular formula is C17H24FNO3S. The van der Waals surface area contributed by atoms with Crippen molar-refractivity contribution < 1.29 is 17.6 Å². The molecule has 1 fully saturated rings. The average molecular weight is 341 g/mol. The second-order valence-electron chi connectivity index (χ2n) is 6.58. The Balaban J connectivity index is 1.95. The van der Waals surface area contributed by atoms with Crippen molar-refractivity contribution in [1.82, 2.24) is 4.90 Å². The normalized spacial score (nSPS) is 21.9. The van der Waals surface area contributed by atoms with Crippen molar-refractivity contribution in [2.45, 2.75) is 44.4 Å². The Hall–Kier alpha value is -1.43. The van der Waals surface area contributed by atoms with Crippen LogP contribution in [0.15, 0.2) is 24.3 Å². The van der Waals surface area contributed by atoms with E-state index in [1.807, 2.05) is 0 Å². The van der Waals surface area contributed by atoms with Crippen LogP contribution >= 0.6 is 0 Å².